The van der Waals surface area contributed by atoms with E-state index >= 15 is 0 Å². The molecule has 10 heteroatoms. The monoisotopic (exact) mass is 400 g/mol. The lowest BCUT2D eigenvalue weighted by Crippen LogP contribution is -2.27. The average molecular weight is 401 g/mol. The van der Waals surface area contributed by atoms with Gasteiger partial charge in [0.15, 0.2) is 0 Å². The summed E-state index contributed by atoms with van der Waals surface area (Å²) >= 11 is 6.04. The number of benzene rings is 2. The van der Waals surface area contributed by atoms with Crippen LogP contribution in [-0.4, -0.2) is 34.6 Å². The van der Waals surface area contributed by atoms with Crippen LogP contribution in [-0.2, 0) is 10.0 Å². The Morgan fingerprint density at radius 2 is 1.73 bits per heavy atom. The van der Waals surface area contributed by atoms with Crippen molar-refractivity contribution in [3.05, 3.63) is 51.0 Å². The Kier molecular flexibility index (Phi) is 5.62. The Balaban J connectivity index is 2.60. The minimum Gasteiger partial charge on any atom is -0.495 e. The summed E-state index contributed by atoms with van der Waals surface area (Å²) < 4.78 is 37.2. The molecule has 0 heterocycles. The lowest BCUT2D eigenvalue weighted by atomic mass is 10.2. The number of nitro groups is 1. The van der Waals surface area contributed by atoms with Crippen molar-refractivity contribution in [1.29, 1.82) is 0 Å². The van der Waals surface area contributed by atoms with Crippen LogP contribution in [0.25, 0.3) is 0 Å². The summed E-state index contributed by atoms with van der Waals surface area (Å²) in [5, 5.41) is 11.4. The van der Waals surface area contributed by atoms with Crippen LogP contribution in [0, 0.1) is 17.0 Å². The highest BCUT2D eigenvalue weighted by Crippen LogP contribution is 2.39. The molecule has 2 aromatic rings. The summed E-state index contributed by atoms with van der Waals surface area (Å²) in [7, 11) is -0.00132. The molecule has 0 saturated heterocycles. The normalized spacial score (nSPS) is 11.1. The number of anilines is 1. The van der Waals surface area contributed by atoms with Gasteiger partial charge in [-0.2, -0.15) is 0 Å². The van der Waals surface area contributed by atoms with E-state index in [1.165, 1.54) is 52.5 Å². The van der Waals surface area contributed by atoms with Crippen LogP contribution in [0.2, 0.25) is 5.02 Å². The van der Waals surface area contributed by atoms with Crippen molar-refractivity contribution in [2.75, 3.05) is 25.6 Å². The van der Waals surface area contributed by atoms with E-state index < -0.39 is 14.9 Å². The number of nitro benzene ring substituents is 1. The van der Waals surface area contributed by atoms with Crippen LogP contribution in [0.1, 0.15) is 5.56 Å². The summed E-state index contributed by atoms with van der Waals surface area (Å²) in [6, 6.07) is 6.58. The van der Waals surface area contributed by atoms with Crippen LogP contribution in [0.5, 0.6) is 11.5 Å². The molecule has 26 heavy (non-hydrogen) atoms. The molecule has 0 aliphatic heterocycles. The Morgan fingerprint density at radius 3 is 2.27 bits per heavy atom. The van der Waals surface area contributed by atoms with Crippen LogP contribution >= 0.6 is 11.6 Å². The van der Waals surface area contributed by atoms with E-state index in [1.54, 1.807) is 0 Å². The first kappa shape index (κ1) is 19.8. The van der Waals surface area contributed by atoms with E-state index in [0.717, 1.165) is 10.4 Å². The van der Waals surface area contributed by atoms with Crippen molar-refractivity contribution >= 4 is 33.0 Å². The van der Waals surface area contributed by atoms with Gasteiger partial charge >= 0.3 is 0 Å². The molecule has 0 spiro atoms. The topological polar surface area (TPSA) is 99.0 Å². The van der Waals surface area contributed by atoms with E-state index in [9.17, 15) is 18.5 Å². The van der Waals surface area contributed by atoms with Gasteiger partial charge in [0.1, 0.15) is 11.5 Å². The first-order valence-corrected chi connectivity index (χ1v) is 9.10. The van der Waals surface area contributed by atoms with Gasteiger partial charge in [-0.3, -0.25) is 14.4 Å². The number of methoxy groups -OCH3 is 2. The molecule has 2 aromatic carbocycles. The largest absolute Gasteiger partial charge is 0.495 e. The molecule has 0 aromatic heterocycles. The fourth-order valence-corrected chi connectivity index (χ4v) is 3.77. The van der Waals surface area contributed by atoms with Gasteiger partial charge in [-0.25, -0.2) is 8.42 Å². The first-order valence-electron chi connectivity index (χ1n) is 7.29. The van der Waals surface area contributed by atoms with Crippen molar-refractivity contribution in [2.24, 2.45) is 0 Å². The maximum atomic E-state index is 12.9. The average Bonchev–Trinajstić information content (AvgIpc) is 2.60. The third-order valence-electron chi connectivity index (χ3n) is 3.83. The molecule has 8 nitrogen and oxygen atoms in total. The Bertz CT molecular complexity index is 961. The van der Waals surface area contributed by atoms with Crippen molar-refractivity contribution in [3.63, 3.8) is 0 Å². The molecule has 0 bridgehead atoms. The predicted molar refractivity (Wildman–Crippen MR) is 98.0 cm³/mol. The van der Waals surface area contributed by atoms with Crippen LogP contribution in [0.3, 0.4) is 0 Å². The highest BCUT2D eigenvalue weighted by atomic mass is 35.5. The lowest BCUT2D eigenvalue weighted by Gasteiger charge is -2.22. The molecule has 0 radical (unpaired) electrons. The minimum absolute atomic E-state index is 0.178. The van der Waals surface area contributed by atoms with Crippen LogP contribution in [0.15, 0.2) is 35.2 Å². The van der Waals surface area contributed by atoms with Crippen molar-refractivity contribution in [3.8, 4) is 11.5 Å². The Morgan fingerprint density at radius 1 is 1.12 bits per heavy atom. The maximum Gasteiger partial charge on any atom is 0.273 e. The molecule has 0 fully saturated rings. The second-order valence-corrected chi connectivity index (χ2v) is 7.71. The highest BCUT2D eigenvalue weighted by molar-refractivity contribution is 7.92. The molecule has 140 valence electrons. The van der Waals surface area contributed by atoms with Crippen LogP contribution in [0.4, 0.5) is 11.4 Å². The van der Waals surface area contributed by atoms with Crippen molar-refractivity contribution in [2.45, 2.75) is 11.8 Å². The van der Waals surface area contributed by atoms with E-state index in [-0.39, 0.29) is 32.8 Å². The summed E-state index contributed by atoms with van der Waals surface area (Å²) in [6.07, 6.45) is 0. The molecule has 0 aliphatic rings. The molecule has 2 rings (SSSR count). The van der Waals surface area contributed by atoms with E-state index in [2.05, 4.69) is 0 Å². The summed E-state index contributed by atoms with van der Waals surface area (Å²) in [6.45, 7) is 1.53. The number of aryl methyl sites for hydroxylation is 1. The number of hydrogen-bond donors (Lipinski definition) is 0. The molecule has 0 atom stereocenters. The second-order valence-electron chi connectivity index (χ2n) is 5.34. The van der Waals surface area contributed by atoms with Gasteiger partial charge in [-0.1, -0.05) is 17.7 Å². The molecule has 0 N–H and O–H groups in total. The molecule has 0 amide bonds. The van der Waals surface area contributed by atoms with Gasteiger partial charge in [0.25, 0.3) is 15.7 Å². The van der Waals surface area contributed by atoms with Gasteiger partial charge in [0.05, 0.1) is 34.7 Å². The summed E-state index contributed by atoms with van der Waals surface area (Å²) in [4.78, 5) is 10.3. The first-order chi connectivity index (χ1) is 12.1. The maximum absolute atomic E-state index is 12.9. The standard InChI is InChI=1S/C16H17ClN2O6S/c1-10-5-6-11(7-13(10)19(20)21)26(22,23)18(2)14-9-15(24-3)12(17)8-16(14)25-4/h5-9H,1-4H3. The molecule has 0 saturated carbocycles. The zero-order valence-electron chi connectivity index (χ0n) is 14.5. The summed E-state index contributed by atoms with van der Waals surface area (Å²) in [5.74, 6) is 0.475. The van der Waals surface area contributed by atoms with Crippen molar-refractivity contribution < 1.29 is 22.8 Å². The zero-order chi connectivity index (χ0) is 19.6. The molecular weight excluding hydrogens is 384 g/mol. The predicted octanol–water partition coefficient (Wildman–Crippen LogP) is 3.40. The SMILES string of the molecule is COc1cc(N(C)S(=O)(=O)c2ccc(C)c([N+](=O)[O-])c2)c(OC)cc1Cl. The van der Waals surface area contributed by atoms with Gasteiger partial charge in [-0.15, -0.1) is 0 Å². The lowest BCUT2D eigenvalue weighted by molar-refractivity contribution is -0.385. The number of nitrogens with zero attached hydrogens (tertiary/aromatic N) is 2. The number of hydrogen-bond acceptors (Lipinski definition) is 6. The van der Waals surface area contributed by atoms with Gasteiger partial charge in [0, 0.05) is 30.8 Å². The van der Waals surface area contributed by atoms with Crippen LogP contribution < -0.4 is 13.8 Å². The quantitative estimate of drug-likeness (QED) is 0.544. The van der Waals surface area contributed by atoms with Gasteiger partial charge in [0.2, 0.25) is 0 Å². The number of halogens is 1. The zero-order valence-corrected chi connectivity index (χ0v) is 16.1. The third-order valence-corrected chi connectivity index (χ3v) is 5.89. The molecule has 0 aliphatic carbocycles. The fourth-order valence-electron chi connectivity index (χ4n) is 2.32. The second kappa shape index (κ2) is 7.38. The Hall–Kier alpha value is -2.52. The van der Waals surface area contributed by atoms with E-state index in [0.29, 0.717) is 5.56 Å². The van der Waals surface area contributed by atoms with Crippen molar-refractivity contribution in [1.82, 2.24) is 0 Å². The number of ether oxygens (including phenoxy) is 2. The molecular formula is C16H17ClN2O6S. The number of sulfonamides is 1. The molecule has 0 unspecified atom stereocenters. The number of rotatable bonds is 6. The van der Waals surface area contributed by atoms with Gasteiger partial charge in [-0.05, 0) is 13.0 Å². The van der Waals surface area contributed by atoms with E-state index in [4.69, 9.17) is 21.1 Å². The third kappa shape index (κ3) is 3.54. The highest BCUT2D eigenvalue weighted by Gasteiger charge is 2.27. The fraction of sp³-hybridized carbons (Fsp3) is 0.250. The summed E-state index contributed by atoms with van der Waals surface area (Å²) in [5.41, 5.74) is 0.263. The van der Waals surface area contributed by atoms with Gasteiger partial charge < -0.3 is 9.47 Å². The minimum atomic E-state index is -4.08. The van der Waals surface area contributed by atoms with E-state index in [1.807, 2.05) is 0 Å². The smallest absolute Gasteiger partial charge is 0.273 e. The Labute approximate surface area is 156 Å².